The predicted molar refractivity (Wildman–Crippen MR) is 73.5 cm³/mol. The minimum absolute atomic E-state index is 0.00168. The number of aliphatic hydroxyl groups excluding tert-OH is 1. The van der Waals surface area contributed by atoms with Crippen LogP contribution in [0.15, 0.2) is 24.5 Å². The van der Waals surface area contributed by atoms with Crippen LogP contribution in [0, 0.1) is 11.6 Å². The van der Waals surface area contributed by atoms with Crippen LogP contribution in [0.3, 0.4) is 0 Å². The van der Waals surface area contributed by atoms with Crippen molar-refractivity contribution in [2.75, 3.05) is 13.1 Å². The lowest BCUT2D eigenvalue weighted by atomic mass is 10.1. The minimum Gasteiger partial charge on any atom is -0.387 e. The summed E-state index contributed by atoms with van der Waals surface area (Å²) in [5.41, 5.74) is 2.18. The zero-order chi connectivity index (χ0) is 15.0. The first-order valence-corrected chi connectivity index (χ1v) is 6.89. The molecular weight excluding hydrogens is 276 g/mol. The first-order valence-electron chi connectivity index (χ1n) is 6.89. The molecule has 1 aromatic heterocycles. The maximum Gasteiger partial charge on any atom is 0.129 e. The number of aromatic nitrogens is 2. The molecule has 21 heavy (non-hydrogen) atoms. The van der Waals surface area contributed by atoms with E-state index in [0.717, 1.165) is 36.9 Å². The summed E-state index contributed by atoms with van der Waals surface area (Å²) in [6, 6.07) is 3.14. The number of nitrogens with zero attached hydrogens (tertiary/aromatic N) is 3. The van der Waals surface area contributed by atoms with Gasteiger partial charge in [-0.15, -0.1) is 0 Å². The second-order valence-electron chi connectivity index (χ2n) is 5.42. The van der Waals surface area contributed by atoms with Crippen molar-refractivity contribution in [2.45, 2.75) is 19.1 Å². The zero-order valence-electron chi connectivity index (χ0n) is 11.8. The van der Waals surface area contributed by atoms with E-state index < -0.39 is 17.7 Å². The Hall–Kier alpha value is -1.79. The Morgan fingerprint density at radius 2 is 2.19 bits per heavy atom. The molecule has 0 unspecified atom stereocenters. The smallest absolute Gasteiger partial charge is 0.129 e. The molecular formula is C15H17F2N3O. The van der Waals surface area contributed by atoms with Crippen LogP contribution >= 0.6 is 0 Å². The lowest BCUT2D eigenvalue weighted by Gasteiger charge is -2.28. The number of imidazole rings is 1. The highest BCUT2D eigenvalue weighted by atomic mass is 19.1. The first kappa shape index (κ1) is 14.2. The maximum absolute atomic E-state index is 13.7. The van der Waals surface area contributed by atoms with Crippen molar-refractivity contribution in [1.29, 1.82) is 0 Å². The van der Waals surface area contributed by atoms with Crippen molar-refractivity contribution in [3.8, 4) is 0 Å². The third kappa shape index (κ3) is 2.82. The third-order valence-corrected chi connectivity index (χ3v) is 3.93. The van der Waals surface area contributed by atoms with Crippen molar-refractivity contribution >= 4 is 0 Å². The highest BCUT2D eigenvalue weighted by molar-refractivity contribution is 5.22. The number of fused-ring (bicyclic) bond motifs is 1. The molecule has 2 aromatic rings. The number of β-amino-alcohol motifs (C(OH)–C–C–N with tert-alkyl or cyclic N) is 1. The summed E-state index contributed by atoms with van der Waals surface area (Å²) in [7, 11) is 1.96. The van der Waals surface area contributed by atoms with Gasteiger partial charge in [0.05, 0.1) is 18.1 Å². The van der Waals surface area contributed by atoms with Gasteiger partial charge >= 0.3 is 0 Å². The molecule has 1 aliphatic heterocycles. The van der Waals surface area contributed by atoms with Crippen LogP contribution in [0.1, 0.15) is 23.1 Å². The van der Waals surface area contributed by atoms with E-state index in [9.17, 15) is 13.9 Å². The molecule has 1 atom stereocenters. The standard InChI is InChI=1S/C15H17F2N3O/c1-19-9-18-13-7-20(5-4-14(13)19)8-15(21)11-6-10(16)2-3-12(11)17/h2-3,6,9,15,21H,4-5,7-8H2,1H3/t15-/m0/s1. The molecule has 6 heteroatoms. The molecule has 3 rings (SSSR count). The first-order chi connectivity index (χ1) is 10.0. The molecule has 4 nitrogen and oxygen atoms in total. The number of hydrogen-bond acceptors (Lipinski definition) is 3. The van der Waals surface area contributed by atoms with E-state index in [1.165, 1.54) is 5.69 Å². The molecule has 1 N–H and O–H groups in total. The van der Waals surface area contributed by atoms with Gasteiger partial charge in [-0.25, -0.2) is 13.8 Å². The number of aryl methyl sites for hydroxylation is 1. The van der Waals surface area contributed by atoms with Gasteiger partial charge in [0.1, 0.15) is 11.6 Å². The lowest BCUT2D eigenvalue weighted by molar-refractivity contribution is 0.101. The van der Waals surface area contributed by atoms with Crippen molar-refractivity contribution in [2.24, 2.45) is 7.05 Å². The van der Waals surface area contributed by atoms with Crippen molar-refractivity contribution < 1.29 is 13.9 Å². The fraction of sp³-hybridized carbons (Fsp3) is 0.400. The Balaban J connectivity index is 1.71. The Morgan fingerprint density at radius 3 is 3.00 bits per heavy atom. The molecule has 0 amide bonds. The Bertz CT molecular complexity index is 656. The largest absolute Gasteiger partial charge is 0.387 e. The zero-order valence-corrected chi connectivity index (χ0v) is 11.8. The van der Waals surface area contributed by atoms with Gasteiger partial charge in [0, 0.05) is 44.4 Å². The normalized spacial score (nSPS) is 16.8. The van der Waals surface area contributed by atoms with Crippen LogP contribution in [0.5, 0.6) is 0 Å². The summed E-state index contributed by atoms with van der Waals surface area (Å²) >= 11 is 0. The van der Waals surface area contributed by atoms with Crippen LogP contribution in [-0.4, -0.2) is 32.6 Å². The highest BCUT2D eigenvalue weighted by Crippen LogP contribution is 2.23. The molecule has 0 saturated carbocycles. The fourth-order valence-corrected chi connectivity index (χ4v) is 2.78. The Morgan fingerprint density at radius 1 is 1.38 bits per heavy atom. The van der Waals surface area contributed by atoms with Crippen LogP contribution < -0.4 is 0 Å². The average Bonchev–Trinajstić information content (AvgIpc) is 2.82. The lowest BCUT2D eigenvalue weighted by Crippen LogP contribution is -2.34. The quantitative estimate of drug-likeness (QED) is 0.938. The summed E-state index contributed by atoms with van der Waals surface area (Å²) in [5, 5.41) is 10.2. The number of halogens is 2. The SMILES string of the molecule is Cn1cnc2c1CCN(C[C@H](O)c1cc(F)ccc1F)C2. The van der Waals surface area contributed by atoms with E-state index in [0.29, 0.717) is 6.54 Å². The second kappa shape index (κ2) is 5.54. The van der Waals surface area contributed by atoms with Gasteiger partial charge in [-0.1, -0.05) is 0 Å². The molecule has 1 aromatic carbocycles. The molecule has 0 bridgehead atoms. The molecule has 0 fully saturated rings. The van der Waals surface area contributed by atoms with E-state index in [1.54, 1.807) is 6.33 Å². The van der Waals surface area contributed by atoms with E-state index in [-0.39, 0.29) is 12.1 Å². The third-order valence-electron chi connectivity index (χ3n) is 3.93. The van der Waals surface area contributed by atoms with Gasteiger partial charge in [-0.05, 0) is 18.2 Å². The van der Waals surface area contributed by atoms with E-state index in [1.807, 2.05) is 16.5 Å². The van der Waals surface area contributed by atoms with Gasteiger partial charge in [0.2, 0.25) is 0 Å². The molecule has 0 radical (unpaired) electrons. The second-order valence-corrected chi connectivity index (χ2v) is 5.42. The maximum atomic E-state index is 13.7. The van der Waals surface area contributed by atoms with Crippen molar-refractivity contribution in [1.82, 2.24) is 14.5 Å². The Labute approximate surface area is 121 Å². The summed E-state index contributed by atoms with van der Waals surface area (Å²) in [6.45, 7) is 1.64. The number of rotatable bonds is 3. The topological polar surface area (TPSA) is 41.3 Å². The van der Waals surface area contributed by atoms with Gasteiger partial charge in [-0.2, -0.15) is 0 Å². The van der Waals surface area contributed by atoms with Gasteiger partial charge in [0.25, 0.3) is 0 Å². The molecule has 2 heterocycles. The van der Waals surface area contributed by atoms with Crippen molar-refractivity contribution in [3.63, 3.8) is 0 Å². The monoisotopic (exact) mass is 293 g/mol. The number of benzene rings is 1. The van der Waals surface area contributed by atoms with E-state index in [2.05, 4.69) is 4.98 Å². The summed E-state index contributed by atoms with van der Waals surface area (Å²) in [5.74, 6) is -1.13. The van der Waals surface area contributed by atoms with E-state index in [4.69, 9.17) is 0 Å². The Kier molecular flexibility index (Phi) is 3.73. The summed E-state index contributed by atoms with van der Waals surface area (Å²) < 4.78 is 28.8. The molecule has 1 aliphatic rings. The molecule has 0 saturated heterocycles. The van der Waals surface area contributed by atoms with Crippen molar-refractivity contribution in [3.05, 3.63) is 53.1 Å². The van der Waals surface area contributed by atoms with Gasteiger partial charge in [-0.3, -0.25) is 4.90 Å². The van der Waals surface area contributed by atoms with Gasteiger partial charge < -0.3 is 9.67 Å². The van der Waals surface area contributed by atoms with Crippen LogP contribution in [0.25, 0.3) is 0 Å². The van der Waals surface area contributed by atoms with Crippen LogP contribution in [0.4, 0.5) is 8.78 Å². The molecule has 0 aliphatic carbocycles. The van der Waals surface area contributed by atoms with E-state index >= 15 is 0 Å². The minimum atomic E-state index is -1.05. The molecule has 112 valence electrons. The molecule has 0 spiro atoms. The van der Waals surface area contributed by atoms with Crippen LogP contribution in [-0.2, 0) is 20.0 Å². The number of hydrogen-bond donors (Lipinski definition) is 1. The summed E-state index contributed by atoms with van der Waals surface area (Å²) in [4.78, 5) is 6.33. The highest BCUT2D eigenvalue weighted by Gasteiger charge is 2.23. The predicted octanol–water partition coefficient (Wildman–Crippen LogP) is 1.79. The fourth-order valence-electron chi connectivity index (χ4n) is 2.78. The average molecular weight is 293 g/mol. The van der Waals surface area contributed by atoms with Crippen LogP contribution in [0.2, 0.25) is 0 Å². The number of aliphatic hydroxyl groups is 1. The summed E-state index contributed by atoms with van der Waals surface area (Å²) in [6.07, 6.45) is 1.56. The van der Waals surface area contributed by atoms with Gasteiger partial charge in [0.15, 0.2) is 0 Å².